The number of carbonyl (C=O) groups is 1. The highest BCUT2D eigenvalue weighted by molar-refractivity contribution is 6.30. The molecule has 164 valence electrons. The lowest BCUT2D eigenvalue weighted by atomic mass is 10.1. The van der Waals surface area contributed by atoms with Crippen LogP contribution in [0.2, 0.25) is 5.02 Å². The number of ether oxygens (including phenoxy) is 2. The van der Waals surface area contributed by atoms with E-state index in [0.29, 0.717) is 34.5 Å². The van der Waals surface area contributed by atoms with Gasteiger partial charge in [0.05, 0.1) is 5.56 Å². The van der Waals surface area contributed by atoms with Gasteiger partial charge in [0.25, 0.3) is 0 Å². The first-order chi connectivity index (χ1) is 15.5. The number of allylic oxidation sites excluding steroid dienone is 1. The zero-order chi connectivity index (χ0) is 22.7. The van der Waals surface area contributed by atoms with Crippen molar-refractivity contribution in [3.8, 4) is 11.5 Å². The first-order valence-corrected chi connectivity index (χ1v) is 11.2. The van der Waals surface area contributed by atoms with Crippen LogP contribution in [0, 0.1) is 6.92 Å². The summed E-state index contributed by atoms with van der Waals surface area (Å²) >= 11 is 5.94. The first-order valence-electron chi connectivity index (χ1n) is 10.8. The third kappa shape index (κ3) is 4.51. The lowest BCUT2D eigenvalue weighted by Gasteiger charge is -2.20. The van der Waals surface area contributed by atoms with Crippen molar-refractivity contribution in [2.24, 2.45) is 0 Å². The minimum atomic E-state index is -0.111. The monoisotopic (exact) mass is 447 g/mol. The van der Waals surface area contributed by atoms with Gasteiger partial charge < -0.3 is 14.4 Å². The van der Waals surface area contributed by atoms with Gasteiger partial charge in [-0.3, -0.25) is 4.79 Å². The van der Waals surface area contributed by atoms with Gasteiger partial charge in [0.2, 0.25) is 5.78 Å². The Morgan fingerprint density at radius 3 is 2.31 bits per heavy atom. The summed E-state index contributed by atoms with van der Waals surface area (Å²) in [6.07, 6.45) is 1.79. The van der Waals surface area contributed by atoms with E-state index in [-0.39, 0.29) is 5.78 Å². The fourth-order valence-corrected chi connectivity index (χ4v) is 3.91. The van der Waals surface area contributed by atoms with Crippen molar-refractivity contribution in [3.05, 3.63) is 93.7 Å². The van der Waals surface area contributed by atoms with E-state index in [2.05, 4.69) is 30.9 Å². The normalized spacial score (nSPS) is 13.8. The van der Waals surface area contributed by atoms with Gasteiger partial charge in [-0.05, 0) is 74.4 Å². The van der Waals surface area contributed by atoms with E-state index in [9.17, 15) is 4.79 Å². The molecule has 3 aromatic rings. The van der Waals surface area contributed by atoms with Crippen molar-refractivity contribution in [2.75, 3.05) is 18.0 Å². The van der Waals surface area contributed by atoms with Crippen LogP contribution < -0.4 is 14.4 Å². The maximum absolute atomic E-state index is 12.9. The number of ketones is 1. The maximum atomic E-state index is 12.9. The van der Waals surface area contributed by atoms with Gasteiger partial charge in [0.1, 0.15) is 18.1 Å². The molecule has 0 saturated carbocycles. The summed E-state index contributed by atoms with van der Waals surface area (Å²) in [6.45, 7) is 8.50. The molecular formula is C27H26ClNO3. The average molecular weight is 448 g/mol. The number of nitrogens with zero attached hydrogens (tertiary/aromatic N) is 1. The lowest BCUT2D eigenvalue weighted by molar-refractivity contribution is 0.101. The van der Waals surface area contributed by atoms with Crippen molar-refractivity contribution in [1.29, 1.82) is 0 Å². The van der Waals surface area contributed by atoms with E-state index in [4.69, 9.17) is 21.1 Å². The molecule has 4 nitrogen and oxygen atoms in total. The van der Waals surface area contributed by atoms with Crippen LogP contribution in [0.5, 0.6) is 11.5 Å². The van der Waals surface area contributed by atoms with Crippen LogP contribution in [0.25, 0.3) is 6.08 Å². The molecule has 1 aliphatic rings. The highest BCUT2D eigenvalue weighted by atomic mass is 35.5. The van der Waals surface area contributed by atoms with E-state index in [0.717, 1.165) is 35.5 Å². The van der Waals surface area contributed by atoms with Gasteiger partial charge in [-0.15, -0.1) is 0 Å². The van der Waals surface area contributed by atoms with Gasteiger partial charge in [-0.1, -0.05) is 35.9 Å². The quantitative estimate of drug-likeness (QED) is 0.378. The Morgan fingerprint density at radius 1 is 0.969 bits per heavy atom. The summed E-state index contributed by atoms with van der Waals surface area (Å²) in [7, 11) is 0. The van der Waals surface area contributed by atoms with Crippen LogP contribution in [0.15, 0.2) is 66.4 Å². The van der Waals surface area contributed by atoms with E-state index in [1.54, 1.807) is 12.1 Å². The van der Waals surface area contributed by atoms with E-state index < -0.39 is 0 Å². The molecule has 0 fully saturated rings. The van der Waals surface area contributed by atoms with E-state index >= 15 is 0 Å². The SMILES string of the molecule is CCN(CC)c1ccc(/C=C2\Oc3c(ccc(OCc4ccc(Cl)cc4)c3C)C2=O)cc1. The Bertz CT molecular complexity index is 1150. The zero-order valence-electron chi connectivity index (χ0n) is 18.5. The summed E-state index contributed by atoms with van der Waals surface area (Å²) in [5, 5.41) is 0.691. The van der Waals surface area contributed by atoms with Crippen LogP contribution >= 0.6 is 11.6 Å². The lowest BCUT2D eigenvalue weighted by Crippen LogP contribution is -2.21. The molecule has 0 aliphatic carbocycles. The molecule has 3 aromatic carbocycles. The maximum Gasteiger partial charge on any atom is 0.231 e. The number of hydrogen-bond donors (Lipinski definition) is 0. The molecule has 32 heavy (non-hydrogen) atoms. The highest BCUT2D eigenvalue weighted by Gasteiger charge is 2.30. The second-order valence-corrected chi connectivity index (χ2v) is 8.12. The molecule has 0 atom stereocenters. The molecule has 1 heterocycles. The summed E-state index contributed by atoms with van der Waals surface area (Å²) in [5.74, 6) is 1.47. The first kappa shape index (κ1) is 22.0. The summed E-state index contributed by atoms with van der Waals surface area (Å²) in [4.78, 5) is 15.2. The van der Waals surface area contributed by atoms with E-state index in [1.165, 1.54) is 0 Å². The van der Waals surface area contributed by atoms with Gasteiger partial charge in [-0.2, -0.15) is 0 Å². The van der Waals surface area contributed by atoms with Gasteiger partial charge in [-0.25, -0.2) is 0 Å². The minimum absolute atomic E-state index is 0.111. The second-order valence-electron chi connectivity index (χ2n) is 7.68. The predicted molar refractivity (Wildman–Crippen MR) is 130 cm³/mol. The molecule has 0 radical (unpaired) electrons. The summed E-state index contributed by atoms with van der Waals surface area (Å²) in [5.41, 5.74) is 4.48. The third-order valence-corrected chi connectivity index (χ3v) is 5.92. The number of rotatable bonds is 7. The topological polar surface area (TPSA) is 38.8 Å². The molecule has 1 aliphatic heterocycles. The Hall–Kier alpha value is -3.24. The zero-order valence-corrected chi connectivity index (χ0v) is 19.3. The highest BCUT2D eigenvalue weighted by Crippen LogP contribution is 2.39. The Balaban J connectivity index is 1.51. The number of anilines is 1. The smallest absolute Gasteiger partial charge is 0.231 e. The number of fused-ring (bicyclic) bond motifs is 1. The largest absolute Gasteiger partial charge is 0.488 e. The van der Waals surface area contributed by atoms with Crippen molar-refractivity contribution >= 4 is 29.1 Å². The fourth-order valence-electron chi connectivity index (χ4n) is 3.79. The van der Waals surface area contributed by atoms with Crippen molar-refractivity contribution < 1.29 is 14.3 Å². The van der Waals surface area contributed by atoms with Crippen LogP contribution in [0.4, 0.5) is 5.69 Å². The Labute approximate surface area is 194 Å². The number of hydrogen-bond acceptors (Lipinski definition) is 4. The van der Waals surface area contributed by atoms with Crippen LogP contribution in [-0.4, -0.2) is 18.9 Å². The van der Waals surface area contributed by atoms with Crippen molar-refractivity contribution in [3.63, 3.8) is 0 Å². The Kier molecular flexibility index (Phi) is 6.52. The van der Waals surface area contributed by atoms with Crippen LogP contribution in [0.1, 0.15) is 40.9 Å². The standard InChI is InChI=1S/C27H26ClNO3/c1-4-29(5-2)22-12-8-19(9-13-22)16-25-26(30)23-14-15-24(18(3)27(23)32-25)31-17-20-6-10-21(28)11-7-20/h6-16H,4-5,17H2,1-3H3/b25-16-. The molecule has 0 spiro atoms. The molecule has 0 N–H and O–H groups in total. The number of benzene rings is 3. The van der Waals surface area contributed by atoms with Gasteiger partial charge in [0, 0.05) is 29.4 Å². The molecule has 0 bridgehead atoms. The molecular weight excluding hydrogens is 422 g/mol. The average Bonchev–Trinajstić information content (AvgIpc) is 3.12. The molecule has 0 amide bonds. The van der Waals surface area contributed by atoms with E-state index in [1.807, 2.05) is 49.4 Å². The number of Topliss-reactive ketones (excluding diaryl/α,β-unsaturated/α-hetero) is 1. The molecule has 5 heteroatoms. The predicted octanol–water partition coefficient (Wildman–Crippen LogP) is 6.69. The van der Waals surface area contributed by atoms with Crippen molar-refractivity contribution in [1.82, 2.24) is 0 Å². The van der Waals surface area contributed by atoms with Crippen LogP contribution in [0.3, 0.4) is 0 Å². The van der Waals surface area contributed by atoms with Gasteiger partial charge >= 0.3 is 0 Å². The molecule has 0 aromatic heterocycles. The minimum Gasteiger partial charge on any atom is -0.488 e. The fraction of sp³-hybridized carbons (Fsp3) is 0.222. The third-order valence-electron chi connectivity index (χ3n) is 5.66. The second kappa shape index (κ2) is 9.49. The van der Waals surface area contributed by atoms with Gasteiger partial charge in [0.15, 0.2) is 5.76 Å². The summed E-state index contributed by atoms with van der Waals surface area (Å²) in [6, 6.07) is 19.3. The summed E-state index contributed by atoms with van der Waals surface area (Å²) < 4.78 is 12.0. The number of halogens is 1. The Morgan fingerprint density at radius 2 is 1.66 bits per heavy atom. The molecule has 4 rings (SSSR count). The molecule has 0 unspecified atom stereocenters. The van der Waals surface area contributed by atoms with Crippen LogP contribution in [-0.2, 0) is 6.61 Å². The van der Waals surface area contributed by atoms with Crippen molar-refractivity contribution in [2.45, 2.75) is 27.4 Å². The number of carbonyl (C=O) groups excluding carboxylic acids is 1. The molecule has 0 saturated heterocycles.